The van der Waals surface area contributed by atoms with Gasteiger partial charge in [-0.15, -0.1) is 0 Å². The van der Waals surface area contributed by atoms with Gasteiger partial charge in [-0.1, -0.05) is 12.1 Å². The minimum absolute atomic E-state index is 0.00964. The second-order valence-corrected chi connectivity index (χ2v) is 12.8. The zero-order chi connectivity index (χ0) is 39.0. The Morgan fingerprint density at radius 3 is 2.13 bits per heavy atom. The van der Waals surface area contributed by atoms with E-state index < -0.39 is 103 Å². The van der Waals surface area contributed by atoms with Gasteiger partial charge in [-0.3, -0.25) is 0 Å². The predicted molar refractivity (Wildman–Crippen MR) is 180 cm³/mol. The number of esters is 1. The number of aliphatic hydroxyl groups is 5. The maximum atomic E-state index is 12.5. The summed E-state index contributed by atoms with van der Waals surface area (Å²) >= 11 is 0. The summed E-state index contributed by atoms with van der Waals surface area (Å²) in [5.74, 6) is -3.49. The minimum Gasteiger partial charge on any atom is -0.508 e. The third-order valence-corrected chi connectivity index (χ3v) is 8.98. The average Bonchev–Trinajstić information content (AvgIpc) is 3.13. The third kappa shape index (κ3) is 7.96. The lowest BCUT2D eigenvalue weighted by molar-refractivity contribution is -0.325. The number of carbonyl (C=O) groups excluding carboxylic acids is 1. The summed E-state index contributed by atoms with van der Waals surface area (Å²) in [7, 11) is 0. The summed E-state index contributed by atoms with van der Waals surface area (Å²) in [6.45, 7) is 0.828. The second-order valence-electron chi connectivity index (χ2n) is 12.8. The zero-order valence-corrected chi connectivity index (χ0v) is 28.2. The first-order valence-electron chi connectivity index (χ1n) is 16.5. The largest absolute Gasteiger partial charge is 0.508 e. The molecule has 0 aromatic heterocycles. The normalized spacial score (nSPS) is 30.9. The number of aromatic hydroxyl groups is 6. The van der Waals surface area contributed by atoms with Crippen LogP contribution < -0.4 is 4.74 Å². The quantitative estimate of drug-likeness (QED) is 0.0796. The molecule has 11 atom stereocenters. The van der Waals surface area contributed by atoms with Crippen LogP contribution in [0.5, 0.6) is 40.2 Å². The molecular weight excluding hydrogens is 720 g/mol. The van der Waals surface area contributed by atoms with Crippen molar-refractivity contribution in [3.05, 3.63) is 77.1 Å². The molecule has 2 fully saturated rings. The van der Waals surface area contributed by atoms with Crippen molar-refractivity contribution in [1.29, 1.82) is 0 Å². The SMILES string of the molecule is CC1OC(OCC2OC(OC3=Cc4c(O)cc(O)cc4OC3c3ccc(O)c(O)c3)C(O)C(O)C2O)C(O)C(O)C1OC(=O)C=Cc1ccc(O)c(O)c1. The average molecular weight is 759 g/mol. The number of hydrogen-bond donors (Lipinski definition) is 11. The van der Waals surface area contributed by atoms with Gasteiger partial charge in [0, 0.05) is 23.8 Å². The second kappa shape index (κ2) is 15.6. The van der Waals surface area contributed by atoms with E-state index in [9.17, 15) is 61.0 Å². The summed E-state index contributed by atoms with van der Waals surface area (Å²) in [6, 6.07) is 9.82. The monoisotopic (exact) mass is 758 g/mol. The van der Waals surface area contributed by atoms with Crippen LogP contribution >= 0.6 is 0 Å². The Morgan fingerprint density at radius 1 is 0.741 bits per heavy atom. The van der Waals surface area contributed by atoms with E-state index in [4.69, 9.17) is 28.4 Å². The smallest absolute Gasteiger partial charge is 0.331 e. The van der Waals surface area contributed by atoms with Crippen molar-refractivity contribution in [3.8, 4) is 40.2 Å². The van der Waals surface area contributed by atoms with E-state index in [2.05, 4.69) is 0 Å². The first kappa shape index (κ1) is 38.4. The molecule has 0 spiro atoms. The molecule has 0 saturated carbocycles. The van der Waals surface area contributed by atoms with Crippen LogP contribution in [0.15, 0.2) is 60.4 Å². The van der Waals surface area contributed by atoms with E-state index in [-0.39, 0.29) is 34.1 Å². The number of ether oxygens (including phenoxy) is 6. The molecule has 3 aromatic carbocycles. The van der Waals surface area contributed by atoms with Gasteiger partial charge in [0.25, 0.3) is 0 Å². The van der Waals surface area contributed by atoms with Gasteiger partial charge in [-0.25, -0.2) is 4.79 Å². The Labute approximate surface area is 305 Å². The van der Waals surface area contributed by atoms with E-state index in [1.54, 1.807) is 0 Å². The number of fused-ring (bicyclic) bond motifs is 1. The molecule has 290 valence electrons. The first-order valence-corrected chi connectivity index (χ1v) is 16.5. The third-order valence-electron chi connectivity index (χ3n) is 8.98. The Balaban J connectivity index is 1.13. The fourth-order valence-electron chi connectivity index (χ4n) is 6.04. The van der Waals surface area contributed by atoms with E-state index in [0.717, 1.165) is 18.2 Å². The molecule has 18 heteroatoms. The van der Waals surface area contributed by atoms with Crippen LogP contribution in [0, 0.1) is 0 Å². The molecule has 6 rings (SSSR count). The molecule has 3 aliphatic rings. The summed E-state index contributed by atoms with van der Waals surface area (Å²) in [6.07, 6.45) is -13.8. The van der Waals surface area contributed by atoms with E-state index in [1.165, 1.54) is 55.5 Å². The number of phenols is 6. The van der Waals surface area contributed by atoms with Gasteiger partial charge in [0.1, 0.15) is 59.6 Å². The summed E-state index contributed by atoms with van der Waals surface area (Å²) < 4.78 is 34.3. The van der Waals surface area contributed by atoms with Gasteiger partial charge < -0.3 is 84.6 Å². The Bertz CT molecular complexity index is 1910. The lowest BCUT2D eigenvalue weighted by Crippen LogP contribution is -2.61. The lowest BCUT2D eigenvalue weighted by atomic mass is 9.98. The molecular formula is C36H38O18. The highest BCUT2D eigenvalue weighted by molar-refractivity contribution is 5.87. The number of carbonyl (C=O) groups is 1. The lowest BCUT2D eigenvalue weighted by Gasteiger charge is -2.43. The van der Waals surface area contributed by atoms with Crippen molar-refractivity contribution in [3.63, 3.8) is 0 Å². The molecule has 3 aliphatic heterocycles. The Morgan fingerprint density at radius 2 is 1.43 bits per heavy atom. The van der Waals surface area contributed by atoms with Gasteiger partial charge >= 0.3 is 5.97 Å². The molecule has 54 heavy (non-hydrogen) atoms. The first-order chi connectivity index (χ1) is 25.6. The fraction of sp³-hybridized carbons (Fsp3) is 0.361. The van der Waals surface area contributed by atoms with Gasteiger partial charge in [-0.05, 0) is 48.9 Å². The van der Waals surface area contributed by atoms with Crippen LogP contribution in [0.2, 0.25) is 0 Å². The molecule has 0 aliphatic carbocycles. The zero-order valence-electron chi connectivity index (χ0n) is 28.2. The number of benzene rings is 3. The van der Waals surface area contributed by atoms with Crippen LogP contribution in [-0.4, -0.2) is 130 Å². The van der Waals surface area contributed by atoms with Gasteiger partial charge in [0.05, 0.1) is 18.3 Å². The molecule has 18 nitrogen and oxygen atoms in total. The molecule has 0 amide bonds. The molecule has 3 aromatic rings. The van der Waals surface area contributed by atoms with Crippen molar-refractivity contribution in [2.75, 3.05) is 6.61 Å². The predicted octanol–water partition coefficient (Wildman–Crippen LogP) is 0.327. The van der Waals surface area contributed by atoms with E-state index in [1.807, 2.05) is 0 Å². The van der Waals surface area contributed by atoms with Crippen LogP contribution in [0.1, 0.15) is 29.7 Å². The standard InChI is InChI=1S/C36H38O18/c1-14-33(54-27(43)7-3-15-2-5-19(38)22(41)8-15)30(46)32(48)35(50-14)49-13-26-28(44)29(45)31(47)36(53-26)52-25-12-18-21(40)10-17(37)11-24(18)51-34(25)16-4-6-20(39)23(42)9-16/h2-12,14,26,28-42,44-48H,13H2,1H3. The number of hydrogen-bond acceptors (Lipinski definition) is 18. The van der Waals surface area contributed by atoms with Crippen LogP contribution in [-0.2, 0) is 28.5 Å². The van der Waals surface area contributed by atoms with Gasteiger partial charge in [0.2, 0.25) is 6.29 Å². The Kier molecular flexibility index (Phi) is 11.1. The molecule has 3 heterocycles. The van der Waals surface area contributed by atoms with Crippen molar-refractivity contribution in [2.45, 2.75) is 74.4 Å². The molecule has 11 unspecified atom stereocenters. The van der Waals surface area contributed by atoms with E-state index in [0.29, 0.717) is 5.56 Å². The minimum atomic E-state index is -1.87. The van der Waals surface area contributed by atoms with Crippen LogP contribution in [0.4, 0.5) is 0 Å². The topological polar surface area (TPSA) is 295 Å². The highest BCUT2D eigenvalue weighted by Crippen LogP contribution is 2.45. The maximum absolute atomic E-state index is 12.5. The molecule has 2 saturated heterocycles. The molecule has 0 bridgehead atoms. The highest BCUT2D eigenvalue weighted by Gasteiger charge is 2.49. The van der Waals surface area contributed by atoms with Crippen LogP contribution in [0.25, 0.3) is 12.2 Å². The van der Waals surface area contributed by atoms with Crippen molar-refractivity contribution in [2.24, 2.45) is 0 Å². The van der Waals surface area contributed by atoms with Crippen molar-refractivity contribution in [1.82, 2.24) is 0 Å². The number of aliphatic hydroxyl groups excluding tert-OH is 5. The van der Waals surface area contributed by atoms with Crippen molar-refractivity contribution < 1.29 is 89.4 Å². The summed E-state index contributed by atoms with van der Waals surface area (Å²) in [5, 5.41) is 113. The highest BCUT2D eigenvalue weighted by atomic mass is 16.7. The molecule has 0 radical (unpaired) electrons. The summed E-state index contributed by atoms with van der Waals surface area (Å²) in [4.78, 5) is 12.5. The van der Waals surface area contributed by atoms with E-state index >= 15 is 0 Å². The van der Waals surface area contributed by atoms with Crippen LogP contribution in [0.3, 0.4) is 0 Å². The summed E-state index contributed by atoms with van der Waals surface area (Å²) in [5.41, 5.74) is 0.625. The Hall–Kier alpha value is -5.31. The fourth-order valence-corrected chi connectivity index (χ4v) is 6.04. The maximum Gasteiger partial charge on any atom is 0.331 e. The molecule has 11 N–H and O–H groups in total. The van der Waals surface area contributed by atoms with Gasteiger partial charge in [0.15, 0.2) is 41.5 Å². The van der Waals surface area contributed by atoms with Crippen molar-refractivity contribution >= 4 is 18.1 Å². The number of rotatable bonds is 9. The van der Waals surface area contributed by atoms with Gasteiger partial charge in [-0.2, -0.15) is 0 Å². The number of phenolic OH excluding ortho intramolecular Hbond substituents is 6.